The van der Waals surface area contributed by atoms with E-state index in [9.17, 15) is 8.78 Å². The number of fused-ring (bicyclic) bond motifs is 1. The van der Waals surface area contributed by atoms with Crippen LogP contribution < -0.4 is 0 Å². The molecule has 0 unspecified atom stereocenters. The van der Waals surface area contributed by atoms with Crippen LogP contribution in [0.2, 0.25) is 0 Å². The summed E-state index contributed by atoms with van der Waals surface area (Å²) < 4.78 is 28.4. The van der Waals surface area contributed by atoms with Gasteiger partial charge in [0.05, 0.1) is 0 Å². The van der Waals surface area contributed by atoms with Crippen LogP contribution in [0.1, 0.15) is 0 Å². The Bertz CT molecular complexity index is 964. The molecular weight excluding hydrogens is 308 g/mol. The fraction of sp³-hybridized carbons (Fsp3) is 0. The Morgan fingerprint density at radius 2 is 1.82 bits per heavy atom. The molecule has 0 amide bonds. The van der Waals surface area contributed by atoms with Crippen molar-refractivity contribution in [3.8, 4) is 22.0 Å². The molecule has 4 rings (SSSR count). The fourth-order valence-corrected chi connectivity index (χ4v) is 2.94. The topological polar surface area (TPSA) is 56.0 Å². The van der Waals surface area contributed by atoms with Crippen molar-refractivity contribution in [3.05, 3.63) is 54.4 Å². The average molecular weight is 315 g/mol. The number of nitrogens with zero attached hydrogens (tertiary/aromatic N) is 5. The minimum Gasteiger partial charge on any atom is -0.265 e. The molecule has 4 aromatic rings. The third-order valence-corrected chi connectivity index (χ3v) is 4.02. The van der Waals surface area contributed by atoms with Crippen LogP contribution in [0.3, 0.4) is 0 Å². The van der Waals surface area contributed by atoms with Gasteiger partial charge in [-0.3, -0.25) is 4.98 Å². The Balaban J connectivity index is 1.87. The van der Waals surface area contributed by atoms with Crippen LogP contribution in [-0.2, 0) is 0 Å². The Kier molecular flexibility index (Phi) is 2.90. The van der Waals surface area contributed by atoms with Crippen molar-refractivity contribution >= 4 is 16.3 Å². The molecule has 0 bridgehead atoms. The van der Waals surface area contributed by atoms with Crippen LogP contribution >= 0.6 is 11.3 Å². The summed E-state index contributed by atoms with van der Waals surface area (Å²) in [6.07, 6.45) is 3.28. The van der Waals surface area contributed by atoms with Crippen molar-refractivity contribution < 1.29 is 8.78 Å². The van der Waals surface area contributed by atoms with E-state index in [1.54, 1.807) is 24.5 Å². The summed E-state index contributed by atoms with van der Waals surface area (Å²) >= 11 is 1.19. The zero-order valence-electron chi connectivity index (χ0n) is 10.9. The average Bonchev–Trinajstić information content (AvgIpc) is 3.08. The van der Waals surface area contributed by atoms with Gasteiger partial charge in [-0.05, 0) is 24.3 Å². The first kappa shape index (κ1) is 13.0. The van der Waals surface area contributed by atoms with Crippen LogP contribution in [0.15, 0.2) is 42.7 Å². The molecule has 0 radical (unpaired) electrons. The third kappa shape index (κ3) is 2.04. The van der Waals surface area contributed by atoms with Crippen LogP contribution in [0.4, 0.5) is 8.78 Å². The van der Waals surface area contributed by atoms with Gasteiger partial charge in [0.25, 0.3) is 0 Å². The highest BCUT2D eigenvalue weighted by atomic mass is 32.1. The van der Waals surface area contributed by atoms with E-state index in [0.29, 0.717) is 15.8 Å². The monoisotopic (exact) mass is 315 g/mol. The van der Waals surface area contributed by atoms with Gasteiger partial charge in [0.1, 0.15) is 11.6 Å². The van der Waals surface area contributed by atoms with Crippen molar-refractivity contribution in [2.75, 3.05) is 0 Å². The first-order chi connectivity index (χ1) is 10.7. The van der Waals surface area contributed by atoms with Gasteiger partial charge >= 0.3 is 0 Å². The zero-order valence-corrected chi connectivity index (χ0v) is 11.8. The van der Waals surface area contributed by atoms with E-state index in [4.69, 9.17) is 0 Å². The second-order valence-corrected chi connectivity index (χ2v) is 5.44. The molecule has 3 aromatic heterocycles. The molecule has 0 aliphatic rings. The quantitative estimate of drug-likeness (QED) is 0.570. The van der Waals surface area contributed by atoms with Crippen molar-refractivity contribution in [2.24, 2.45) is 0 Å². The van der Waals surface area contributed by atoms with E-state index in [2.05, 4.69) is 20.3 Å². The predicted molar refractivity (Wildman–Crippen MR) is 77.2 cm³/mol. The first-order valence-electron chi connectivity index (χ1n) is 6.30. The number of pyridine rings is 1. The first-order valence-corrected chi connectivity index (χ1v) is 7.12. The largest absolute Gasteiger partial charge is 0.265 e. The van der Waals surface area contributed by atoms with Crippen molar-refractivity contribution in [2.45, 2.75) is 0 Å². The molecule has 0 saturated heterocycles. The maximum Gasteiger partial charge on any atom is 0.235 e. The third-order valence-electron chi connectivity index (χ3n) is 3.09. The molecule has 0 aliphatic heterocycles. The Morgan fingerprint density at radius 3 is 2.59 bits per heavy atom. The normalized spacial score (nSPS) is 11.2. The molecule has 0 saturated carbocycles. The van der Waals surface area contributed by atoms with Crippen LogP contribution in [0.25, 0.3) is 26.9 Å². The summed E-state index contributed by atoms with van der Waals surface area (Å²) in [6.45, 7) is 0. The second-order valence-electron chi connectivity index (χ2n) is 4.49. The summed E-state index contributed by atoms with van der Waals surface area (Å²) in [5.41, 5.74) is 1.04. The molecule has 0 N–H and O–H groups in total. The standard InChI is InChI=1S/C14H7F2N5S/c15-9-1-2-10(11(16)7-9)13-20-21-12(18-19-14(21)22-13)8-3-5-17-6-4-8/h1-7H. The maximum absolute atomic E-state index is 13.9. The van der Waals surface area contributed by atoms with Crippen molar-refractivity contribution in [3.63, 3.8) is 0 Å². The van der Waals surface area contributed by atoms with Crippen LogP contribution in [0.5, 0.6) is 0 Å². The molecule has 22 heavy (non-hydrogen) atoms. The summed E-state index contributed by atoms with van der Waals surface area (Å²) in [4.78, 5) is 4.48. The highest BCUT2D eigenvalue weighted by molar-refractivity contribution is 7.19. The second kappa shape index (κ2) is 4.92. The summed E-state index contributed by atoms with van der Waals surface area (Å²) in [7, 11) is 0. The summed E-state index contributed by atoms with van der Waals surface area (Å²) in [5.74, 6) is -0.737. The lowest BCUT2D eigenvalue weighted by Crippen LogP contribution is -1.92. The lowest BCUT2D eigenvalue weighted by molar-refractivity contribution is 0.585. The van der Waals surface area contributed by atoms with Gasteiger partial charge in [0.15, 0.2) is 10.8 Å². The predicted octanol–water partition coefficient (Wildman–Crippen LogP) is 3.19. The van der Waals surface area contributed by atoms with Gasteiger partial charge < -0.3 is 0 Å². The van der Waals surface area contributed by atoms with Crippen molar-refractivity contribution in [1.82, 2.24) is 24.8 Å². The van der Waals surface area contributed by atoms with Gasteiger partial charge in [-0.2, -0.15) is 9.61 Å². The van der Waals surface area contributed by atoms with E-state index in [0.717, 1.165) is 11.6 Å². The SMILES string of the molecule is Fc1ccc(-c2nn3c(-c4ccncc4)nnc3s2)c(F)c1. The van der Waals surface area contributed by atoms with Gasteiger partial charge in [-0.15, -0.1) is 10.2 Å². The van der Waals surface area contributed by atoms with E-state index < -0.39 is 11.6 Å². The lowest BCUT2D eigenvalue weighted by atomic mass is 10.2. The van der Waals surface area contributed by atoms with E-state index in [1.807, 2.05) is 0 Å². The molecule has 8 heteroatoms. The smallest absolute Gasteiger partial charge is 0.235 e. The summed E-state index contributed by atoms with van der Waals surface area (Å²) in [6, 6.07) is 6.97. The summed E-state index contributed by atoms with van der Waals surface area (Å²) in [5, 5.41) is 12.9. The van der Waals surface area contributed by atoms with Crippen LogP contribution in [-0.4, -0.2) is 24.8 Å². The van der Waals surface area contributed by atoms with Crippen molar-refractivity contribution in [1.29, 1.82) is 0 Å². The number of benzene rings is 1. The van der Waals surface area contributed by atoms with E-state index in [-0.39, 0.29) is 5.56 Å². The van der Waals surface area contributed by atoms with Gasteiger partial charge in [-0.1, -0.05) is 11.3 Å². The molecule has 0 spiro atoms. The number of halogens is 2. The highest BCUT2D eigenvalue weighted by Gasteiger charge is 2.16. The molecule has 0 atom stereocenters. The number of hydrogen-bond donors (Lipinski definition) is 0. The Labute approximate surface area is 126 Å². The molecule has 3 heterocycles. The van der Waals surface area contributed by atoms with Gasteiger partial charge in [0.2, 0.25) is 4.96 Å². The maximum atomic E-state index is 13.9. The fourth-order valence-electron chi connectivity index (χ4n) is 2.07. The van der Waals surface area contributed by atoms with E-state index >= 15 is 0 Å². The van der Waals surface area contributed by atoms with Crippen LogP contribution in [0, 0.1) is 11.6 Å². The number of hydrogen-bond acceptors (Lipinski definition) is 5. The molecule has 1 aromatic carbocycles. The van der Waals surface area contributed by atoms with E-state index in [1.165, 1.54) is 28.0 Å². The van der Waals surface area contributed by atoms with Gasteiger partial charge in [-0.25, -0.2) is 8.78 Å². The Hall–Kier alpha value is -2.74. The lowest BCUT2D eigenvalue weighted by Gasteiger charge is -1.98. The molecule has 0 fully saturated rings. The minimum absolute atomic E-state index is 0.234. The minimum atomic E-state index is -0.657. The molecular formula is C14H7F2N5S. The number of rotatable bonds is 2. The highest BCUT2D eigenvalue weighted by Crippen LogP contribution is 2.29. The number of aromatic nitrogens is 5. The molecule has 0 aliphatic carbocycles. The molecule has 108 valence electrons. The van der Waals surface area contributed by atoms with Gasteiger partial charge in [0, 0.05) is 29.6 Å². The Morgan fingerprint density at radius 1 is 1.00 bits per heavy atom. The molecule has 5 nitrogen and oxygen atoms in total. The zero-order chi connectivity index (χ0) is 15.1.